The molecule has 1 amide bonds. The molecule has 0 aliphatic carbocycles. The van der Waals surface area contributed by atoms with Crippen molar-refractivity contribution in [1.29, 1.82) is 0 Å². The number of halogens is 1. The molecule has 3 N–H and O–H groups in total. The van der Waals surface area contributed by atoms with Gasteiger partial charge in [0.25, 0.3) is 5.91 Å². The zero-order valence-electron chi connectivity index (χ0n) is 11.1. The van der Waals surface area contributed by atoms with Crippen molar-refractivity contribution in [2.75, 3.05) is 5.32 Å². The van der Waals surface area contributed by atoms with Crippen molar-refractivity contribution < 1.29 is 19.8 Å². The van der Waals surface area contributed by atoms with Crippen LogP contribution in [-0.4, -0.2) is 22.1 Å². The molecule has 0 saturated carbocycles. The molecule has 0 spiro atoms. The largest absolute Gasteiger partial charge is 0.508 e. The molecule has 0 saturated heterocycles. The average molecular weight is 306 g/mol. The number of carboxylic acids is 1. The third kappa shape index (κ3) is 3.32. The van der Waals surface area contributed by atoms with Crippen molar-refractivity contribution in [2.24, 2.45) is 0 Å². The van der Waals surface area contributed by atoms with Crippen molar-refractivity contribution >= 4 is 29.2 Å². The number of nitrogens with one attached hydrogen (secondary N) is 1. The smallest absolute Gasteiger partial charge is 0.337 e. The first kappa shape index (κ1) is 14.9. The number of carbonyl (C=O) groups excluding carboxylic acids is 1. The maximum atomic E-state index is 12.1. The minimum Gasteiger partial charge on any atom is -0.508 e. The summed E-state index contributed by atoms with van der Waals surface area (Å²) in [5, 5.41) is 21.5. The Morgan fingerprint density at radius 1 is 1.14 bits per heavy atom. The molecule has 0 aliphatic heterocycles. The van der Waals surface area contributed by atoms with Gasteiger partial charge in [-0.3, -0.25) is 4.79 Å². The summed E-state index contributed by atoms with van der Waals surface area (Å²) >= 11 is 5.74. The van der Waals surface area contributed by atoms with Crippen LogP contribution in [0.15, 0.2) is 36.4 Å². The molecule has 2 rings (SSSR count). The standard InChI is InChI=1S/C15H12ClNO4/c1-8-2-3-9(6-13(8)18)14(19)17-12-5-4-10(16)7-11(12)15(20)21/h2-7,18H,1H3,(H,17,19)(H,20,21). The fourth-order valence-electron chi connectivity index (χ4n) is 1.75. The van der Waals surface area contributed by atoms with Crippen molar-refractivity contribution in [3.63, 3.8) is 0 Å². The average Bonchev–Trinajstić information content (AvgIpc) is 2.43. The minimum atomic E-state index is -1.19. The van der Waals surface area contributed by atoms with E-state index in [1.807, 2.05) is 0 Å². The van der Waals surface area contributed by atoms with E-state index >= 15 is 0 Å². The molecule has 21 heavy (non-hydrogen) atoms. The number of anilines is 1. The first-order valence-electron chi connectivity index (χ1n) is 6.02. The molecule has 6 heteroatoms. The molecular formula is C15H12ClNO4. The topological polar surface area (TPSA) is 86.6 Å². The lowest BCUT2D eigenvalue weighted by molar-refractivity contribution is 0.0698. The summed E-state index contributed by atoms with van der Waals surface area (Å²) < 4.78 is 0. The number of phenolic OH excluding ortho intramolecular Hbond substituents is 1. The fraction of sp³-hybridized carbons (Fsp3) is 0.0667. The SMILES string of the molecule is Cc1ccc(C(=O)Nc2ccc(Cl)cc2C(=O)O)cc1O. The summed E-state index contributed by atoms with van der Waals surface area (Å²) in [4.78, 5) is 23.2. The van der Waals surface area contributed by atoms with Crippen molar-refractivity contribution in [3.05, 3.63) is 58.1 Å². The van der Waals surface area contributed by atoms with Crippen LogP contribution in [0, 0.1) is 6.92 Å². The fourth-order valence-corrected chi connectivity index (χ4v) is 1.92. The van der Waals surface area contributed by atoms with Gasteiger partial charge in [-0.2, -0.15) is 0 Å². The van der Waals surface area contributed by atoms with Crippen LogP contribution in [0.25, 0.3) is 0 Å². The molecule has 108 valence electrons. The Hall–Kier alpha value is -2.53. The van der Waals surface area contributed by atoms with Crippen molar-refractivity contribution in [1.82, 2.24) is 0 Å². The highest BCUT2D eigenvalue weighted by atomic mass is 35.5. The number of aromatic carboxylic acids is 1. The van der Waals surface area contributed by atoms with Crippen LogP contribution in [0.5, 0.6) is 5.75 Å². The Kier molecular flexibility index (Phi) is 4.14. The molecule has 0 heterocycles. The summed E-state index contributed by atoms with van der Waals surface area (Å²) in [6.45, 7) is 1.71. The second kappa shape index (κ2) is 5.85. The van der Waals surface area contributed by atoms with Crippen LogP contribution in [0.1, 0.15) is 26.3 Å². The van der Waals surface area contributed by atoms with Crippen LogP contribution in [0.4, 0.5) is 5.69 Å². The Morgan fingerprint density at radius 3 is 2.48 bits per heavy atom. The normalized spacial score (nSPS) is 10.2. The highest BCUT2D eigenvalue weighted by molar-refractivity contribution is 6.31. The van der Waals surface area contributed by atoms with Crippen molar-refractivity contribution in [2.45, 2.75) is 6.92 Å². The minimum absolute atomic E-state index is 0.00258. The lowest BCUT2D eigenvalue weighted by Crippen LogP contribution is -2.14. The van der Waals surface area contributed by atoms with Gasteiger partial charge in [-0.05, 0) is 42.8 Å². The molecule has 2 aromatic carbocycles. The zero-order valence-corrected chi connectivity index (χ0v) is 11.8. The number of carboxylic acid groups (broad SMARTS) is 1. The van der Waals surface area contributed by atoms with Crippen LogP contribution in [0.2, 0.25) is 5.02 Å². The van der Waals surface area contributed by atoms with E-state index in [0.717, 1.165) is 0 Å². The molecule has 0 aromatic heterocycles. The van der Waals surface area contributed by atoms with Gasteiger partial charge in [0.1, 0.15) is 5.75 Å². The first-order chi connectivity index (χ1) is 9.88. The Morgan fingerprint density at radius 2 is 1.86 bits per heavy atom. The highest BCUT2D eigenvalue weighted by Gasteiger charge is 2.14. The van der Waals surface area contributed by atoms with Gasteiger partial charge >= 0.3 is 5.97 Å². The number of hydrogen-bond acceptors (Lipinski definition) is 3. The zero-order chi connectivity index (χ0) is 15.6. The second-order valence-electron chi connectivity index (χ2n) is 4.45. The van der Waals surface area contributed by atoms with Crippen LogP contribution in [0.3, 0.4) is 0 Å². The number of aryl methyl sites for hydroxylation is 1. The maximum absolute atomic E-state index is 12.1. The Balaban J connectivity index is 2.31. The summed E-state index contributed by atoms with van der Waals surface area (Å²) in [5.41, 5.74) is 0.901. The van der Waals surface area contributed by atoms with Gasteiger partial charge in [0.05, 0.1) is 11.3 Å². The van der Waals surface area contributed by atoms with E-state index in [2.05, 4.69) is 5.32 Å². The molecule has 0 unspecified atom stereocenters. The van der Waals surface area contributed by atoms with Crippen LogP contribution in [-0.2, 0) is 0 Å². The van der Waals surface area contributed by atoms with Gasteiger partial charge in [0, 0.05) is 10.6 Å². The number of amides is 1. The van der Waals surface area contributed by atoms with E-state index < -0.39 is 11.9 Å². The molecule has 5 nitrogen and oxygen atoms in total. The summed E-state index contributed by atoms with van der Waals surface area (Å²) in [6.07, 6.45) is 0. The molecule has 2 aromatic rings. The van der Waals surface area contributed by atoms with Crippen molar-refractivity contribution in [3.8, 4) is 5.75 Å². The monoisotopic (exact) mass is 305 g/mol. The third-order valence-corrected chi connectivity index (χ3v) is 3.17. The van der Waals surface area contributed by atoms with Gasteiger partial charge in [0.15, 0.2) is 0 Å². The van der Waals surface area contributed by atoms with E-state index in [0.29, 0.717) is 5.56 Å². The number of benzene rings is 2. The molecule has 0 fully saturated rings. The molecule has 0 radical (unpaired) electrons. The van der Waals surface area contributed by atoms with Crippen LogP contribution >= 0.6 is 11.6 Å². The van der Waals surface area contributed by atoms with E-state index in [1.54, 1.807) is 19.1 Å². The predicted octanol–water partition coefficient (Wildman–Crippen LogP) is 3.30. The predicted molar refractivity (Wildman–Crippen MR) is 79.2 cm³/mol. The molecule has 0 bridgehead atoms. The molecular weight excluding hydrogens is 294 g/mol. The number of hydrogen-bond donors (Lipinski definition) is 3. The lowest BCUT2D eigenvalue weighted by atomic mass is 10.1. The number of phenols is 1. The van der Waals surface area contributed by atoms with Gasteiger partial charge in [-0.25, -0.2) is 4.79 Å². The highest BCUT2D eigenvalue weighted by Crippen LogP contribution is 2.23. The van der Waals surface area contributed by atoms with E-state index in [9.17, 15) is 14.7 Å². The lowest BCUT2D eigenvalue weighted by Gasteiger charge is -2.09. The van der Waals surface area contributed by atoms with E-state index in [4.69, 9.17) is 16.7 Å². The summed E-state index contributed by atoms with van der Waals surface area (Å²) in [6, 6.07) is 8.62. The second-order valence-corrected chi connectivity index (χ2v) is 4.89. The van der Waals surface area contributed by atoms with Gasteiger partial charge in [-0.15, -0.1) is 0 Å². The third-order valence-electron chi connectivity index (χ3n) is 2.93. The van der Waals surface area contributed by atoms with E-state index in [-0.39, 0.29) is 27.6 Å². The number of carbonyl (C=O) groups is 2. The summed E-state index contributed by atoms with van der Waals surface area (Å²) in [5.74, 6) is -1.72. The van der Waals surface area contributed by atoms with E-state index in [1.165, 1.54) is 24.3 Å². The molecule has 0 atom stereocenters. The quantitative estimate of drug-likeness (QED) is 0.812. The van der Waals surface area contributed by atoms with Gasteiger partial charge in [0.2, 0.25) is 0 Å². The van der Waals surface area contributed by atoms with Crippen LogP contribution < -0.4 is 5.32 Å². The maximum Gasteiger partial charge on any atom is 0.337 e. The Bertz CT molecular complexity index is 728. The Labute approximate surface area is 125 Å². The molecule has 0 aliphatic rings. The number of aromatic hydroxyl groups is 1. The first-order valence-corrected chi connectivity index (χ1v) is 6.40. The van der Waals surface area contributed by atoms with Gasteiger partial charge in [-0.1, -0.05) is 17.7 Å². The summed E-state index contributed by atoms with van der Waals surface area (Å²) in [7, 11) is 0. The number of rotatable bonds is 3. The van der Waals surface area contributed by atoms with Gasteiger partial charge < -0.3 is 15.5 Å².